The standard InChI is InChI=1S/C15H26N4O/c1-10-15(16)11(2)19(17-10)9-14(20)8-18-6-12-4-3-5-13(12)7-18/h12-14,20H,3-9,16H2,1-2H3. The van der Waals surface area contributed by atoms with E-state index in [0.29, 0.717) is 6.54 Å². The van der Waals surface area contributed by atoms with Crippen molar-refractivity contribution in [2.24, 2.45) is 11.8 Å². The van der Waals surface area contributed by atoms with Crippen molar-refractivity contribution in [1.82, 2.24) is 14.7 Å². The summed E-state index contributed by atoms with van der Waals surface area (Å²) >= 11 is 0. The minimum Gasteiger partial charge on any atom is -0.396 e. The van der Waals surface area contributed by atoms with E-state index < -0.39 is 0 Å². The van der Waals surface area contributed by atoms with Gasteiger partial charge in [0, 0.05) is 19.6 Å². The summed E-state index contributed by atoms with van der Waals surface area (Å²) < 4.78 is 1.84. The summed E-state index contributed by atoms with van der Waals surface area (Å²) in [6.07, 6.45) is 3.79. The van der Waals surface area contributed by atoms with Gasteiger partial charge in [0.15, 0.2) is 0 Å². The Morgan fingerprint density at radius 1 is 1.25 bits per heavy atom. The van der Waals surface area contributed by atoms with Crippen LogP contribution in [-0.4, -0.2) is 45.5 Å². The van der Waals surface area contributed by atoms with E-state index in [2.05, 4.69) is 10.00 Å². The van der Waals surface area contributed by atoms with Crippen LogP contribution in [0.25, 0.3) is 0 Å². The number of nitrogens with two attached hydrogens (primary N) is 1. The zero-order valence-electron chi connectivity index (χ0n) is 12.5. The molecule has 0 amide bonds. The zero-order chi connectivity index (χ0) is 14.3. The number of nitrogen functional groups attached to an aromatic ring is 1. The third-order valence-electron chi connectivity index (χ3n) is 5.09. The number of β-amino-alcohol motifs (C(OH)–C–C–N with tert-alkyl or cyclic N) is 1. The molecular formula is C15H26N4O. The fourth-order valence-electron chi connectivity index (χ4n) is 3.93. The molecule has 3 unspecified atom stereocenters. The highest BCUT2D eigenvalue weighted by Crippen LogP contribution is 2.37. The Kier molecular flexibility index (Phi) is 3.73. The Hall–Kier alpha value is -1.07. The van der Waals surface area contributed by atoms with Crippen molar-refractivity contribution >= 4 is 5.69 Å². The maximum atomic E-state index is 10.3. The molecule has 0 radical (unpaired) electrons. The summed E-state index contributed by atoms with van der Waals surface area (Å²) in [7, 11) is 0. The van der Waals surface area contributed by atoms with Crippen molar-refractivity contribution < 1.29 is 5.11 Å². The highest BCUT2D eigenvalue weighted by Gasteiger charge is 2.36. The zero-order valence-corrected chi connectivity index (χ0v) is 12.5. The average molecular weight is 278 g/mol. The molecule has 1 aliphatic carbocycles. The largest absolute Gasteiger partial charge is 0.396 e. The third kappa shape index (κ3) is 2.56. The first kappa shape index (κ1) is 13.9. The molecule has 2 aliphatic rings. The predicted octanol–water partition coefficient (Wildman–Crippen LogP) is 1.17. The number of aryl methyl sites for hydroxylation is 1. The number of hydrogen-bond donors (Lipinski definition) is 2. The van der Waals surface area contributed by atoms with Gasteiger partial charge in [0.2, 0.25) is 0 Å². The fraction of sp³-hybridized carbons (Fsp3) is 0.800. The molecular weight excluding hydrogens is 252 g/mol. The van der Waals surface area contributed by atoms with E-state index in [9.17, 15) is 5.11 Å². The average Bonchev–Trinajstić information content (AvgIpc) is 3.01. The first-order chi connectivity index (χ1) is 9.54. The number of hydrogen-bond acceptors (Lipinski definition) is 4. The molecule has 3 N–H and O–H groups in total. The van der Waals surface area contributed by atoms with E-state index in [4.69, 9.17) is 5.73 Å². The molecule has 1 aromatic rings. The topological polar surface area (TPSA) is 67.3 Å². The van der Waals surface area contributed by atoms with Gasteiger partial charge >= 0.3 is 0 Å². The second-order valence-corrected chi connectivity index (χ2v) is 6.59. The number of anilines is 1. The van der Waals surface area contributed by atoms with Gasteiger partial charge in [0.25, 0.3) is 0 Å². The van der Waals surface area contributed by atoms with Crippen LogP contribution in [0, 0.1) is 25.7 Å². The lowest BCUT2D eigenvalue weighted by atomic mass is 10.0. The van der Waals surface area contributed by atoms with Gasteiger partial charge in [-0.05, 0) is 38.5 Å². The summed E-state index contributed by atoms with van der Waals surface area (Å²) in [5.74, 6) is 1.76. The van der Waals surface area contributed by atoms with Crippen molar-refractivity contribution in [2.75, 3.05) is 25.4 Å². The molecule has 1 aromatic heterocycles. The Balaban J connectivity index is 1.55. The van der Waals surface area contributed by atoms with Crippen LogP contribution in [0.5, 0.6) is 0 Å². The van der Waals surface area contributed by atoms with Crippen molar-refractivity contribution in [1.29, 1.82) is 0 Å². The lowest BCUT2D eigenvalue weighted by Crippen LogP contribution is -2.34. The van der Waals surface area contributed by atoms with Gasteiger partial charge < -0.3 is 15.7 Å². The number of rotatable bonds is 4. The molecule has 2 heterocycles. The Morgan fingerprint density at radius 3 is 2.45 bits per heavy atom. The van der Waals surface area contributed by atoms with Crippen molar-refractivity contribution in [3.8, 4) is 0 Å². The molecule has 1 saturated carbocycles. The molecule has 0 spiro atoms. The molecule has 0 bridgehead atoms. The van der Waals surface area contributed by atoms with Crippen LogP contribution < -0.4 is 5.73 Å². The van der Waals surface area contributed by atoms with E-state index in [1.54, 1.807) is 0 Å². The molecule has 2 fully saturated rings. The number of fused-ring (bicyclic) bond motifs is 1. The van der Waals surface area contributed by atoms with Gasteiger partial charge in [-0.2, -0.15) is 5.10 Å². The lowest BCUT2D eigenvalue weighted by molar-refractivity contribution is 0.101. The van der Waals surface area contributed by atoms with E-state index in [1.807, 2.05) is 18.5 Å². The van der Waals surface area contributed by atoms with Crippen LogP contribution in [-0.2, 0) is 6.54 Å². The summed E-state index contributed by atoms with van der Waals surface area (Å²) in [5.41, 5.74) is 8.48. The smallest absolute Gasteiger partial charge is 0.0862 e. The summed E-state index contributed by atoms with van der Waals surface area (Å²) in [4.78, 5) is 2.42. The monoisotopic (exact) mass is 278 g/mol. The summed E-state index contributed by atoms with van der Waals surface area (Å²) in [6.45, 7) is 7.50. The quantitative estimate of drug-likeness (QED) is 0.868. The number of aliphatic hydroxyl groups excluding tert-OH is 1. The summed E-state index contributed by atoms with van der Waals surface area (Å²) in [6, 6.07) is 0. The lowest BCUT2D eigenvalue weighted by Gasteiger charge is -2.21. The maximum Gasteiger partial charge on any atom is 0.0862 e. The van der Waals surface area contributed by atoms with Crippen LogP contribution in [0.3, 0.4) is 0 Å². The number of nitrogens with zero attached hydrogens (tertiary/aromatic N) is 3. The second kappa shape index (κ2) is 5.37. The van der Waals surface area contributed by atoms with Crippen LogP contribution in [0.1, 0.15) is 30.7 Å². The van der Waals surface area contributed by atoms with E-state index in [0.717, 1.165) is 35.5 Å². The Bertz CT molecular complexity index is 472. The van der Waals surface area contributed by atoms with Gasteiger partial charge in [-0.1, -0.05) is 6.42 Å². The van der Waals surface area contributed by atoms with Crippen molar-refractivity contribution in [2.45, 2.75) is 45.8 Å². The van der Waals surface area contributed by atoms with Crippen molar-refractivity contribution in [3.63, 3.8) is 0 Å². The molecule has 5 nitrogen and oxygen atoms in total. The molecule has 112 valence electrons. The van der Waals surface area contributed by atoms with Gasteiger partial charge in [0.1, 0.15) is 0 Å². The van der Waals surface area contributed by atoms with Crippen LogP contribution in [0.2, 0.25) is 0 Å². The highest BCUT2D eigenvalue weighted by atomic mass is 16.3. The highest BCUT2D eigenvalue weighted by molar-refractivity contribution is 5.46. The summed E-state index contributed by atoms with van der Waals surface area (Å²) in [5, 5.41) is 14.7. The molecule has 20 heavy (non-hydrogen) atoms. The number of likely N-dealkylation sites (tertiary alicyclic amines) is 1. The van der Waals surface area contributed by atoms with E-state index in [-0.39, 0.29) is 6.10 Å². The van der Waals surface area contributed by atoms with Gasteiger partial charge in [-0.15, -0.1) is 0 Å². The second-order valence-electron chi connectivity index (χ2n) is 6.59. The minimum atomic E-state index is -0.369. The SMILES string of the molecule is Cc1nn(CC(O)CN2CC3CCCC3C2)c(C)c1N. The first-order valence-electron chi connectivity index (χ1n) is 7.74. The predicted molar refractivity (Wildman–Crippen MR) is 79.4 cm³/mol. The van der Waals surface area contributed by atoms with E-state index in [1.165, 1.54) is 32.4 Å². The van der Waals surface area contributed by atoms with Crippen molar-refractivity contribution in [3.05, 3.63) is 11.4 Å². The normalized spacial score (nSPS) is 27.9. The van der Waals surface area contributed by atoms with Gasteiger partial charge in [0.05, 0.1) is 29.7 Å². The van der Waals surface area contributed by atoms with E-state index >= 15 is 0 Å². The molecule has 5 heteroatoms. The molecule has 3 atom stereocenters. The molecule has 1 saturated heterocycles. The fourth-order valence-corrected chi connectivity index (χ4v) is 3.93. The molecule has 0 aromatic carbocycles. The third-order valence-corrected chi connectivity index (χ3v) is 5.09. The number of aliphatic hydroxyl groups is 1. The molecule has 1 aliphatic heterocycles. The number of aromatic nitrogens is 2. The van der Waals surface area contributed by atoms with Crippen LogP contribution in [0.4, 0.5) is 5.69 Å². The van der Waals surface area contributed by atoms with Gasteiger partial charge in [-0.3, -0.25) is 4.68 Å². The minimum absolute atomic E-state index is 0.369. The Labute approximate surface area is 120 Å². The van der Waals surface area contributed by atoms with Crippen LogP contribution >= 0.6 is 0 Å². The van der Waals surface area contributed by atoms with Crippen LogP contribution in [0.15, 0.2) is 0 Å². The Morgan fingerprint density at radius 2 is 1.90 bits per heavy atom. The molecule has 3 rings (SSSR count). The maximum absolute atomic E-state index is 10.3. The van der Waals surface area contributed by atoms with Gasteiger partial charge in [-0.25, -0.2) is 0 Å². The first-order valence-corrected chi connectivity index (χ1v) is 7.74.